The number of hydrogen-bond acceptors (Lipinski definition) is 8. The summed E-state index contributed by atoms with van der Waals surface area (Å²) in [4.78, 5) is 32.2. The average molecular weight is 557 g/mol. The van der Waals surface area contributed by atoms with Crippen molar-refractivity contribution in [3.05, 3.63) is 83.5 Å². The molecule has 0 bridgehead atoms. The topological polar surface area (TPSA) is 88.4 Å². The third kappa shape index (κ3) is 5.21. The summed E-state index contributed by atoms with van der Waals surface area (Å²) >= 11 is 7.61. The molecule has 1 atom stereocenters. The zero-order valence-electron chi connectivity index (χ0n) is 22.0. The smallest absolute Gasteiger partial charge is 0.338 e. The number of hydrogen-bond donors (Lipinski definition) is 0. The van der Waals surface area contributed by atoms with Crippen LogP contribution in [0.15, 0.2) is 57.5 Å². The number of carbonyl (C=O) groups excluding carboxylic acids is 1. The molecule has 0 saturated carbocycles. The molecule has 1 aliphatic rings. The minimum Gasteiger partial charge on any atom is -0.493 e. The lowest BCUT2D eigenvalue weighted by Crippen LogP contribution is -2.40. The molecule has 0 aliphatic carbocycles. The van der Waals surface area contributed by atoms with Crippen LogP contribution in [0, 0.1) is 0 Å². The molecule has 8 nitrogen and oxygen atoms in total. The van der Waals surface area contributed by atoms with Crippen LogP contribution in [0.25, 0.3) is 6.08 Å². The number of carbonyl (C=O) groups is 1. The molecule has 10 heteroatoms. The lowest BCUT2D eigenvalue weighted by atomic mass is 9.95. The van der Waals surface area contributed by atoms with Crippen molar-refractivity contribution < 1.29 is 23.7 Å². The molecule has 0 saturated heterocycles. The highest BCUT2D eigenvalue weighted by atomic mass is 35.5. The van der Waals surface area contributed by atoms with Gasteiger partial charge in [0.05, 0.1) is 47.8 Å². The van der Waals surface area contributed by atoms with Crippen LogP contribution in [0.5, 0.6) is 17.2 Å². The first kappa shape index (κ1) is 27.5. The first-order valence-electron chi connectivity index (χ1n) is 12.1. The standard InChI is InChI=1S/C28H29ClN2O6S/c1-7-36-27(33)23-16(4)30-28-31(24(23)18-10-8-9-11-20(18)37-15(2)3)26(32)22(38-28)14-17-12-19(29)25(35-6)21(13-17)34-5/h8-15,24H,7H2,1-6H3/b22-14+/t24-/m0/s1. The van der Waals surface area contributed by atoms with Gasteiger partial charge in [-0.25, -0.2) is 9.79 Å². The summed E-state index contributed by atoms with van der Waals surface area (Å²) < 4.78 is 24.1. The van der Waals surface area contributed by atoms with Crippen LogP contribution in [-0.4, -0.2) is 37.5 Å². The Morgan fingerprint density at radius 3 is 2.58 bits per heavy atom. The van der Waals surface area contributed by atoms with Crippen molar-refractivity contribution in [3.8, 4) is 17.2 Å². The summed E-state index contributed by atoms with van der Waals surface area (Å²) in [5, 5.41) is 0.351. The van der Waals surface area contributed by atoms with Crippen molar-refractivity contribution in [2.24, 2.45) is 4.99 Å². The van der Waals surface area contributed by atoms with E-state index in [9.17, 15) is 9.59 Å². The van der Waals surface area contributed by atoms with Crippen molar-refractivity contribution >= 4 is 35.0 Å². The fourth-order valence-corrected chi connectivity index (χ4v) is 5.67. The zero-order chi connectivity index (χ0) is 27.6. The number of aromatic nitrogens is 1. The predicted octanol–water partition coefficient (Wildman–Crippen LogP) is 4.26. The van der Waals surface area contributed by atoms with Gasteiger partial charge in [-0.2, -0.15) is 0 Å². The number of ether oxygens (including phenoxy) is 4. The van der Waals surface area contributed by atoms with E-state index in [0.717, 1.165) is 0 Å². The third-order valence-electron chi connectivity index (χ3n) is 5.85. The Labute approximate surface area is 229 Å². The summed E-state index contributed by atoms with van der Waals surface area (Å²) in [6, 6.07) is 10.0. The van der Waals surface area contributed by atoms with Crippen LogP contribution >= 0.6 is 22.9 Å². The summed E-state index contributed by atoms with van der Waals surface area (Å²) in [6.45, 7) is 7.52. The Kier molecular flexibility index (Phi) is 8.28. The summed E-state index contributed by atoms with van der Waals surface area (Å²) in [6.07, 6.45) is 1.60. The molecule has 0 fully saturated rings. The van der Waals surface area contributed by atoms with Crippen LogP contribution in [0.4, 0.5) is 0 Å². The fourth-order valence-electron chi connectivity index (χ4n) is 4.33. The predicted molar refractivity (Wildman–Crippen MR) is 147 cm³/mol. The number of thiazole rings is 1. The molecule has 0 radical (unpaired) electrons. The maximum absolute atomic E-state index is 13.9. The largest absolute Gasteiger partial charge is 0.493 e. The number of esters is 1. The highest BCUT2D eigenvalue weighted by Gasteiger charge is 2.35. The Morgan fingerprint density at radius 2 is 1.92 bits per heavy atom. The molecule has 3 aromatic rings. The zero-order valence-corrected chi connectivity index (χ0v) is 23.6. The first-order valence-corrected chi connectivity index (χ1v) is 13.3. The second kappa shape index (κ2) is 11.4. The van der Waals surface area contributed by atoms with Crippen molar-refractivity contribution in [1.29, 1.82) is 0 Å². The maximum atomic E-state index is 13.9. The molecule has 0 spiro atoms. The average Bonchev–Trinajstić information content (AvgIpc) is 3.17. The molecule has 200 valence electrons. The van der Waals surface area contributed by atoms with E-state index in [1.807, 2.05) is 38.1 Å². The number of halogens is 1. The Balaban J connectivity index is 1.98. The van der Waals surface area contributed by atoms with E-state index >= 15 is 0 Å². The van der Waals surface area contributed by atoms with Gasteiger partial charge in [0.1, 0.15) is 11.8 Å². The van der Waals surface area contributed by atoms with E-state index in [1.165, 1.54) is 30.1 Å². The molecule has 1 aliphatic heterocycles. The fraction of sp³-hybridized carbons (Fsp3) is 0.321. The Hall–Kier alpha value is -3.56. The van der Waals surface area contributed by atoms with Gasteiger partial charge in [-0.05, 0) is 57.5 Å². The van der Waals surface area contributed by atoms with Gasteiger partial charge in [-0.3, -0.25) is 9.36 Å². The molecule has 2 heterocycles. The van der Waals surface area contributed by atoms with Crippen molar-refractivity contribution in [3.63, 3.8) is 0 Å². The van der Waals surface area contributed by atoms with Crippen molar-refractivity contribution in [2.75, 3.05) is 20.8 Å². The quantitative estimate of drug-likeness (QED) is 0.385. The first-order chi connectivity index (χ1) is 18.2. The number of allylic oxidation sites excluding steroid dienone is 1. The van der Waals surface area contributed by atoms with Crippen LogP contribution in [0.3, 0.4) is 0 Å². The Morgan fingerprint density at radius 1 is 1.18 bits per heavy atom. The molecular weight excluding hydrogens is 528 g/mol. The number of fused-ring (bicyclic) bond motifs is 1. The van der Waals surface area contributed by atoms with Crippen molar-refractivity contribution in [1.82, 2.24) is 4.57 Å². The molecule has 38 heavy (non-hydrogen) atoms. The van der Waals surface area contributed by atoms with Gasteiger partial charge in [0.15, 0.2) is 16.3 Å². The second-order valence-corrected chi connectivity index (χ2v) is 10.2. The van der Waals surface area contributed by atoms with Crippen LogP contribution < -0.4 is 29.1 Å². The van der Waals surface area contributed by atoms with Crippen molar-refractivity contribution in [2.45, 2.75) is 39.8 Å². The summed E-state index contributed by atoms with van der Waals surface area (Å²) in [5.41, 5.74) is 1.78. The normalized spacial score (nSPS) is 15.3. The number of para-hydroxylation sites is 1. The van der Waals surface area contributed by atoms with E-state index in [2.05, 4.69) is 4.99 Å². The third-order valence-corrected chi connectivity index (χ3v) is 7.11. The van der Waals surface area contributed by atoms with Crippen LogP contribution in [-0.2, 0) is 9.53 Å². The molecule has 0 N–H and O–H groups in total. The van der Waals surface area contributed by atoms with Gasteiger partial charge >= 0.3 is 5.97 Å². The van der Waals surface area contributed by atoms with Gasteiger partial charge in [-0.15, -0.1) is 0 Å². The Bertz CT molecular complexity index is 1590. The van der Waals surface area contributed by atoms with Gasteiger partial charge in [0, 0.05) is 5.56 Å². The van der Waals surface area contributed by atoms with Crippen LogP contribution in [0.2, 0.25) is 5.02 Å². The van der Waals surface area contributed by atoms with E-state index < -0.39 is 12.0 Å². The lowest BCUT2D eigenvalue weighted by Gasteiger charge is -2.26. The molecule has 0 unspecified atom stereocenters. The maximum Gasteiger partial charge on any atom is 0.338 e. The van der Waals surface area contributed by atoms with E-state index in [1.54, 1.807) is 32.1 Å². The number of methoxy groups -OCH3 is 2. The molecular formula is C28H29ClN2O6S. The molecule has 2 aromatic carbocycles. The number of benzene rings is 2. The number of nitrogens with zero attached hydrogens (tertiary/aromatic N) is 2. The van der Waals surface area contributed by atoms with Gasteiger partial charge in [0.2, 0.25) is 0 Å². The molecule has 0 amide bonds. The summed E-state index contributed by atoms with van der Waals surface area (Å²) in [5.74, 6) is 0.894. The van der Waals surface area contributed by atoms with Gasteiger partial charge in [0.25, 0.3) is 5.56 Å². The lowest BCUT2D eigenvalue weighted by molar-refractivity contribution is -0.139. The van der Waals surface area contributed by atoms with E-state index in [-0.39, 0.29) is 18.3 Å². The highest BCUT2D eigenvalue weighted by molar-refractivity contribution is 7.07. The SMILES string of the molecule is CCOC(=O)C1=C(C)N=c2s/c(=C/c3cc(Cl)c(OC)c(OC)c3)c(=O)n2[C@H]1c1ccccc1OC(C)C. The number of rotatable bonds is 8. The van der Waals surface area contributed by atoms with Crippen LogP contribution in [0.1, 0.15) is 44.9 Å². The van der Waals surface area contributed by atoms with Gasteiger partial charge in [-0.1, -0.05) is 41.1 Å². The van der Waals surface area contributed by atoms with E-state index in [4.69, 9.17) is 30.5 Å². The monoisotopic (exact) mass is 556 g/mol. The minimum atomic E-state index is -0.781. The minimum absolute atomic E-state index is 0.113. The summed E-state index contributed by atoms with van der Waals surface area (Å²) in [7, 11) is 3.02. The molecule has 4 rings (SSSR count). The molecule has 1 aromatic heterocycles. The van der Waals surface area contributed by atoms with Gasteiger partial charge < -0.3 is 18.9 Å². The van der Waals surface area contributed by atoms with E-state index in [0.29, 0.717) is 54.0 Å². The second-order valence-electron chi connectivity index (χ2n) is 8.74. The highest BCUT2D eigenvalue weighted by Crippen LogP contribution is 2.37.